The number of anilines is 1. The highest BCUT2D eigenvalue weighted by Crippen LogP contribution is 2.26. The maximum Gasteiger partial charge on any atom is 0.0343 e. The van der Waals surface area contributed by atoms with E-state index < -0.39 is 0 Å². The lowest BCUT2D eigenvalue weighted by Gasteiger charge is -2.41. The van der Waals surface area contributed by atoms with Gasteiger partial charge in [-0.15, -0.1) is 0 Å². The molecule has 1 aliphatic heterocycles. The van der Waals surface area contributed by atoms with Gasteiger partial charge in [0.1, 0.15) is 0 Å². The Morgan fingerprint density at radius 2 is 2.05 bits per heavy atom. The van der Waals surface area contributed by atoms with Crippen LogP contribution in [0.4, 0.5) is 5.69 Å². The van der Waals surface area contributed by atoms with Crippen molar-refractivity contribution in [1.82, 2.24) is 4.90 Å². The summed E-state index contributed by atoms with van der Waals surface area (Å²) in [5, 5.41) is 3.54. The molecule has 2 heteroatoms. The fourth-order valence-electron chi connectivity index (χ4n) is 3.23. The number of rotatable bonds is 4. The van der Waals surface area contributed by atoms with Gasteiger partial charge >= 0.3 is 0 Å². The molecule has 0 aromatic heterocycles. The van der Waals surface area contributed by atoms with Crippen molar-refractivity contribution in [3.05, 3.63) is 29.8 Å². The SMILES string of the molecule is Cc1cccc(NCCN2CC(C)CC(C)C2C)c1. The highest BCUT2D eigenvalue weighted by atomic mass is 15.2. The Bertz CT molecular complexity index is 402. The molecule has 0 bridgehead atoms. The number of aryl methyl sites for hydroxylation is 1. The molecule has 0 saturated carbocycles. The molecule has 1 N–H and O–H groups in total. The second-order valence-electron chi connectivity index (χ2n) is 6.35. The van der Waals surface area contributed by atoms with Gasteiger partial charge in [-0.1, -0.05) is 26.0 Å². The van der Waals surface area contributed by atoms with Crippen LogP contribution in [0.3, 0.4) is 0 Å². The highest BCUT2D eigenvalue weighted by Gasteiger charge is 2.27. The van der Waals surface area contributed by atoms with Gasteiger partial charge in [-0.05, 0) is 49.8 Å². The number of likely N-dealkylation sites (tertiary alicyclic amines) is 1. The number of hydrogen-bond acceptors (Lipinski definition) is 2. The van der Waals surface area contributed by atoms with Crippen LogP contribution in [0.2, 0.25) is 0 Å². The van der Waals surface area contributed by atoms with E-state index in [-0.39, 0.29) is 0 Å². The number of hydrogen-bond donors (Lipinski definition) is 1. The van der Waals surface area contributed by atoms with Gasteiger partial charge in [-0.3, -0.25) is 4.90 Å². The normalized spacial score (nSPS) is 28.3. The molecular weight excluding hydrogens is 232 g/mol. The van der Waals surface area contributed by atoms with E-state index in [9.17, 15) is 0 Å². The lowest BCUT2D eigenvalue weighted by atomic mass is 9.86. The summed E-state index contributed by atoms with van der Waals surface area (Å²) in [7, 11) is 0. The van der Waals surface area contributed by atoms with E-state index in [1.807, 2.05) is 0 Å². The van der Waals surface area contributed by atoms with Crippen LogP contribution in [0.15, 0.2) is 24.3 Å². The molecule has 1 aromatic rings. The van der Waals surface area contributed by atoms with E-state index >= 15 is 0 Å². The van der Waals surface area contributed by atoms with Crippen molar-refractivity contribution in [2.24, 2.45) is 11.8 Å². The van der Waals surface area contributed by atoms with Crippen LogP contribution in [0.1, 0.15) is 32.8 Å². The summed E-state index contributed by atoms with van der Waals surface area (Å²) in [4.78, 5) is 2.64. The third-order valence-corrected chi connectivity index (χ3v) is 4.47. The van der Waals surface area contributed by atoms with Crippen molar-refractivity contribution in [1.29, 1.82) is 0 Å². The number of nitrogens with zero attached hydrogens (tertiary/aromatic N) is 1. The molecule has 1 heterocycles. The molecule has 0 aliphatic carbocycles. The van der Waals surface area contributed by atoms with Gasteiger partial charge in [-0.25, -0.2) is 0 Å². The molecule has 0 amide bonds. The maximum absolute atomic E-state index is 3.54. The van der Waals surface area contributed by atoms with Crippen LogP contribution in [0.25, 0.3) is 0 Å². The average molecular weight is 260 g/mol. The lowest BCUT2D eigenvalue weighted by molar-refractivity contribution is 0.0839. The van der Waals surface area contributed by atoms with E-state index in [0.29, 0.717) is 0 Å². The molecule has 0 spiro atoms. The van der Waals surface area contributed by atoms with Crippen LogP contribution in [-0.4, -0.2) is 30.6 Å². The summed E-state index contributed by atoms with van der Waals surface area (Å²) >= 11 is 0. The van der Waals surface area contributed by atoms with Gasteiger partial charge < -0.3 is 5.32 Å². The van der Waals surface area contributed by atoms with Crippen LogP contribution in [-0.2, 0) is 0 Å². The van der Waals surface area contributed by atoms with Crippen LogP contribution in [0, 0.1) is 18.8 Å². The van der Waals surface area contributed by atoms with Gasteiger partial charge in [0, 0.05) is 31.4 Å². The minimum atomic E-state index is 0.718. The van der Waals surface area contributed by atoms with Crippen molar-refractivity contribution >= 4 is 5.69 Å². The summed E-state index contributed by atoms with van der Waals surface area (Å²) in [5.41, 5.74) is 2.56. The minimum Gasteiger partial charge on any atom is -0.384 e. The minimum absolute atomic E-state index is 0.718. The smallest absolute Gasteiger partial charge is 0.0343 e. The van der Waals surface area contributed by atoms with Crippen molar-refractivity contribution < 1.29 is 0 Å². The Morgan fingerprint density at radius 1 is 1.26 bits per heavy atom. The third-order valence-electron chi connectivity index (χ3n) is 4.47. The van der Waals surface area contributed by atoms with E-state index in [1.165, 1.54) is 24.2 Å². The van der Waals surface area contributed by atoms with Gasteiger partial charge in [0.25, 0.3) is 0 Å². The Labute approximate surface area is 118 Å². The lowest BCUT2D eigenvalue weighted by Crippen LogP contribution is -2.47. The first-order chi connectivity index (χ1) is 9.06. The summed E-state index contributed by atoms with van der Waals surface area (Å²) in [6.45, 7) is 12.7. The molecule has 3 atom stereocenters. The quantitative estimate of drug-likeness (QED) is 0.886. The Hall–Kier alpha value is -1.02. The summed E-state index contributed by atoms with van der Waals surface area (Å²) in [5.74, 6) is 1.66. The standard InChI is InChI=1S/C17H28N2/c1-13-6-5-7-17(11-13)18-8-9-19-12-14(2)10-15(3)16(19)4/h5-7,11,14-16,18H,8-10,12H2,1-4H3. The third kappa shape index (κ3) is 3.97. The first kappa shape index (κ1) is 14.4. The fraction of sp³-hybridized carbons (Fsp3) is 0.647. The Kier molecular flexibility index (Phi) is 4.87. The highest BCUT2D eigenvalue weighted by molar-refractivity contribution is 5.45. The topological polar surface area (TPSA) is 15.3 Å². The van der Waals surface area contributed by atoms with Gasteiger partial charge in [0.15, 0.2) is 0 Å². The molecule has 1 aromatic carbocycles. The molecule has 2 nitrogen and oxygen atoms in total. The van der Waals surface area contributed by atoms with Crippen molar-refractivity contribution in [3.8, 4) is 0 Å². The zero-order valence-electron chi connectivity index (χ0n) is 12.8. The zero-order chi connectivity index (χ0) is 13.8. The molecule has 2 rings (SSSR count). The monoisotopic (exact) mass is 260 g/mol. The number of nitrogens with one attached hydrogen (secondary N) is 1. The van der Waals surface area contributed by atoms with Gasteiger partial charge in [-0.2, -0.15) is 0 Å². The number of benzene rings is 1. The molecule has 106 valence electrons. The zero-order valence-corrected chi connectivity index (χ0v) is 12.8. The summed E-state index contributed by atoms with van der Waals surface area (Å²) in [6, 6.07) is 9.34. The average Bonchev–Trinajstić information content (AvgIpc) is 2.35. The Balaban J connectivity index is 1.81. The summed E-state index contributed by atoms with van der Waals surface area (Å²) < 4.78 is 0. The molecule has 1 saturated heterocycles. The summed E-state index contributed by atoms with van der Waals surface area (Å²) in [6.07, 6.45) is 1.38. The molecular formula is C17H28N2. The van der Waals surface area contributed by atoms with Crippen molar-refractivity contribution in [2.45, 2.75) is 40.2 Å². The molecule has 1 fully saturated rings. The van der Waals surface area contributed by atoms with Crippen LogP contribution >= 0.6 is 0 Å². The number of piperidine rings is 1. The largest absolute Gasteiger partial charge is 0.384 e. The maximum atomic E-state index is 3.54. The van der Waals surface area contributed by atoms with E-state index in [2.05, 4.69) is 62.2 Å². The first-order valence-corrected chi connectivity index (χ1v) is 7.61. The predicted molar refractivity (Wildman–Crippen MR) is 83.6 cm³/mol. The Morgan fingerprint density at radius 3 is 2.79 bits per heavy atom. The van der Waals surface area contributed by atoms with Crippen molar-refractivity contribution in [3.63, 3.8) is 0 Å². The van der Waals surface area contributed by atoms with Gasteiger partial charge in [0.2, 0.25) is 0 Å². The first-order valence-electron chi connectivity index (χ1n) is 7.61. The second kappa shape index (κ2) is 6.42. The fourth-order valence-corrected chi connectivity index (χ4v) is 3.23. The van der Waals surface area contributed by atoms with Crippen LogP contribution in [0.5, 0.6) is 0 Å². The van der Waals surface area contributed by atoms with E-state index in [1.54, 1.807) is 0 Å². The van der Waals surface area contributed by atoms with Gasteiger partial charge in [0.05, 0.1) is 0 Å². The molecule has 0 radical (unpaired) electrons. The molecule has 1 aliphatic rings. The molecule has 19 heavy (non-hydrogen) atoms. The molecule has 3 unspecified atom stereocenters. The van der Waals surface area contributed by atoms with E-state index in [0.717, 1.165) is 31.0 Å². The van der Waals surface area contributed by atoms with Crippen molar-refractivity contribution in [2.75, 3.05) is 25.0 Å². The predicted octanol–water partition coefficient (Wildman–Crippen LogP) is 3.77. The second-order valence-corrected chi connectivity index (χ2v) is 6.35. The van der Waals surface area contributed by atoms with E-state index in [4.69, 9.17) is 0 Å². The van der Waals surface area contributed by atoms with Crippen LogP contribution < -0.4 is 5.32 Å².